The summed E-state index contributed by atoms with van der Waals surface area (Å²) in [4.78, 5) is 9.88. The van der Waals surface area contributed by atoms with Gasteiger partial charge in [-0.3, -0.25) is 10.1 Å². The number of hydrogen-bond acceptors (Lipinski definition) is 4. The number of thiol groups is 1. The summed E-state index contributed by atoms with van der Waals surface area (Å²) in [6, 6.07) is 5.91. The lowest BCUT2D eigenvalue weighted by atomic mass is 10.1. The zero-order valence-corrected chi connectivity index (χ0v) is 7.65. The van der Waals surface area contributed by atoms with Gasteiger partial charge >= 0.3 is 0 Å². The molecular formula is C8H9NO3S. The van der Waals surface area contributed by atoms with Gasteiger partial charge in [0.15, 0.2) is 0 Å². The minimum absolute atomic E-state index is 0.0154. The Morgan fingerprint density at radius 1 is 1.62 bits per heavy atom. The summed E-state index contributed by atoms with van der Waals surface area (Å²) in [6.07, 6.45) is -0.747. The SMILES string of the molecule is O=[N+]([O-])c1cccc(C(O)CS)c1. The first-order valence-corrected chi connectivity index (χ1v) is 4.31. The van der Waals surface area contributed by atoms with Gasteiger partial charge in [-0.15, -0.1) is 0 Å². The minimum Gasteiger partial charge on any atom is -0.388 e. The predicted molar refractivity (Wildman–Crippen MR) is 51.9 cm³/mol. The van der Waals surface area contributed by atoms with Crippen LogP contribution in [-0.2, 0) is 0 Å². The lowest BCUT2D eigenvalue weighted by molar-refractivity contribution is -0.385. The van der Waals surface area contributed by atoms with Gasteiger partial charge in [-0.05, 0) is 5.56 Å². The van der Waals surface area contributed by atoms with E-state index in [1.165, 1.54) is 12.1 Å². The first kappa shape index (κ1) is 10.0. The number of nitro benzene ring substituents is 1. The first-order chi connectivity index (χ1) is 6.15. The fraction of sp³-hybridized carbons (Fsp3) is 0.250. The number of nitrogens with zero attached hydrogens (tertiary/aromatic N) is 1. The van der Waals surface area contributed by atoms with Crippen LogP contribution in [0.25, 0.3) is 0 Å². The van der Waals surface area contributed by atoms with Crippen LogP contribution in [-0.4, -0.2) is 15.8 Å². The summed E-state index contributed by atoms with van der Waals surface area (Å²) in [5.74, 6) is 0.251. The van der Waals surface area contributed by atoms with Crippen LogP contribution in [0.5, 0.6) is 0 Å². The molecule has 0 aliphatic rings. The normalized spacial score (nSPS) is 12.5. The molecule has 1 atom stereocenters. The van der Waals surface area contributed by atoms with Crippen LogP contribution in [0.3, 0.4) is 0 Å². The molecule has 4 nitrogen and oxygen atoms in total. The first-order valence-electron chi connectivity index (χ1n) is 3.68. The average Bonchev–Trinajstić information content (AvgIpc) is 2.17. The molecule has 70 valence electrons. The smallest absolute Gasteiger partial charge is 0.269 e. The van der Waals surface area contributed by atoms with E-state index in [-0.39, 0.29) is 11.4 Å². The van der Waals surface area contributed by atoms with Gasteiger partial charge in [0, 0.05) is 17.9 Å². The van der Waals surface area contributed by atoms with Crippen molar-refractivity contribution in [3.05, 3.63) is 39.9 Å². The number of benzene rings is 1. The summed E-state index contributed by atoms with van der Waals surface area (Å²) < 4.78 is 0. The largest absolute Gasteiger partial charge is 0.388 e. The monoisotopic (exact) mass is 199 g/mol. The third kappa shape index (κ3) is 2.43. The molecule has 0 bridgehead atoms. The zero-order chi connectivity index (χ0) is 9.84. The molecule has 1 aromatic carbocycles. The molecule has 0 aromatic heterocycles. The molecule has 0 spiro atoms. The summed E-state index contributed by atoms with van der Waals surface area (Å²) in [6.45, 7) is 0. The van der Waals surface area contributed by atoms with Crippen molar-refractivity contribution in [3.63, 3.8) is 0 Å². The number of nitro groups is 1. The van der Waals surface area contributed by atoms with Crippen LogP contribution in [0.15, 0.2) is 24.3 Å². The molecule has 1 aromatic rings. The van der Waals surface area contributed by atoms with Crippen molar-refractivity contribution < 1.29 is 10.0 Å². The molecule has 5 heteroatoms. The van der Waals surface area contributed by atoms with Crippen molar-refractivity contribution in [2.45, 2.75) is 6.10 Å². The van der Waals surface area contributed by atoms with Crippen molar-refractivity contribution in [3.8, 4) is 0 Å². The maximum atomic E-state index is 10.4. The van der Waals surface area contributed by atoms with Crippen LogP contribution in [0.2, 0.25) is 0 Å². The Morgan fingerprint density at radius 3 is 2.85 bits per heavy atom. The highest BCUT2D eigenvalue weighted by atomic mass is 32.1. The summed E-state index contributed by atoms with van der Waals surface area (Å²) in [5.41, 5.74) is 0.502. The van der Waals surface area contributed by atoms with Crippen LogP contribution < -0.4 is 0 Å². The van der Waals surface area contributed by atoms with E-state index in [1.807, 2.05) is 0 Å². The summed E-state index contributed by atoms with van der Waals surface area (Å²) in [5, 5.41) is 19.7. The number of aliphatic hydroxyl groups is 1. The van der Waals surface area contributed by atoms with Gasteiger partial charge in [0.25, 0.3) is 5.69 Å². The van der Waals surface area contributed by atoms with E-state index >= 15 is 0 Å². The van der Waals surface area contributed by atoms with E-state index in [1.54, 1.807) is 12.1 Å². The molecule has 0 aliphatic heterocycles. The number of hydrogen-bond donors (Lipinski definition) is 2. The van der Waals surface area contributed by atoms with Crippen molar-refractivity contribution in [2.24, 2.45) is 0 Å². The zero-order valence-electron chi connectivity index (χ0n) is 6.75. The Morgan fingerprint density at radius 2 is 2.31 bits per heavy atom. The fourth-order valence-corrected chi connectivity index (χ4v) is 1.16. The second-order valence-electron chi connectivity index (χ2n) is 2.55. The van der Waals surface area contributed by atoms with Gasteiger partial charge in [0.05, 0.1) is 11.0 Å². The number of rotatable bonds is 3. The molecule has 0 radical (unpaired) electrons. The maximum Gasteiger partial charge on any atom is 0.269 e. The number of non-ortho nitro benzene ring substituents is 1. The van der Waals surface area contributed by atoms with Crippen LogP contribution in [0.1, 0.15) is 11.7 Å². The van der Waals surface area contributed by atoms with Crippen molar-refractivity contribution in [1.29, 1.82) is 0 Å². The Balaban J connectivity index is 2.98. The molecule has 1 N–H and O–H groups in total. The molecule has 0 fully saturated rings. The van der Waals surface area contributed by atoms with Crippen LogP contribution in [0.4, 0.5) is 5.69 Å². The average molecular weight is 199 g/mol. The van der Waals surface area contributed by atoms with E-state index in [2.05, 4.69) is 12.6 Å². The van der Waals surface area contributed by atoms with Crippen LogP contribution >= 0.6 is 12.6 Å². The minimum atomic E-state index is -0.747. The van der Waals surface area contributed by atoms with Gasteiger partial charge in [0.1, 0.15) is 0 Å². The molecule has 0 amide bonds. The lowest BCUT2D eigenvalue weighted by Gasteiger charge is -2.06. The molecule has 0 saturated heterocycles. The van der Waals surface area contributed by atoms with Gasteiger partial charge in [0.2, 0.25) is 0 Å². The molecular weight excluding hydrogens is 190 g/mol. The standard InChI is InChI=1S/C8H9NO3S/c10-8(5-13)6-2-1-3-7(4-6)9(11)12/h1-4,8,10,13H,5H2. The highest BCUT2D eigenvalue weighted by Gasteiger charge is 2.10. The van der Waals surface area contributed by atoms with Crippen molar-refractivity contribution in [1.82, 2.24) is 0 Å². The molecule has 0 heterocycles. The van der Waals surface area contributed by atoms with E-state index in [9.17, 15) is 15.2 Å². The van der Waals surface area contributed by atoms with Crippen molar-refractivity contribution in [2.75, 3.05) is 5.75 Å². The Kier molecular flexibility index (Phi) is 3.27. The number of aliphatic hydroxyl groups excluding tert-OH is 1. The van der Waals surface area contributed by atoms with Gasteiger partial charge < -0.3 is 5.11 Å². The second-order valence-corrected chi connectivity index (χ2v) is 2.92. The summed E-state index contributed by atoms with van der Waals surface area (Å²) >= 11 is 3.89. The Labute approximate surface area is 80.8 Å². The van der Waals surface area contributed by atoms with Crippen LogP contribution in [0, 0.1) is 10.1 Å². The lowest BCUT2D eigenvalue weighted by Crippen LogP contribution is -1.99. The molecule has 1 unspecified atom stereocenters. The van der Waals surface area contributed by atoms with E-state index < -0.39 is 11.0 Å². The quantitative estimate of drug-likeness (QED) is 0.441. The van der Waals surface area contributed by atoms with E-state index in [0.717, 1.165) is 0 Å². The summed E-state index contributed by atoms with van der Waals surface area (Å²) in [7, 11) is 0. The maximum absolute atomic E-state index is 10.4. The highest BCUT2D eigenvalue weighted by molar-refractivity contribution is 7.80. The second kappa shape index (κ2) is 4.25. The van der Waals surface area contributed by atoms with Crippen molar-refractivity contribution >= 4 is 18.3 Å². The molecule has 1 rings (SSSR count). The fourth-order valence-electron chi connectivity index (χ4n) is 0.951. The topological polar surface area (TPSA) is 63.4 Å². The van der Waals surface area contributed by atoms with Gasteiger partial charge in [-0.2, -0.15) is 12.6 Å². The van der Waals surface area contributed by atoms with E-state index in [0.29, 0.717) is 5.56 Å². The molecule has 13 heavy (non-hydrogen) atoms. The predicted octanol–water partition coefficient (Wildman–Crippen LogP) is 1.56. The van der Waals surface area contributed by atoms with E-state index in [4.69, 9.17) is 0 Å². The highest BCUT2D eigenvalue weighted by Crippen LogP contribution is 2.19. The third-order valence-electron chi connectivity index (χ3n) is 1.64. The molecule has 0 saturated carbocycles. The van der Waals surface area contributed by atoms with Gasteiger partial charge in [-0.1, -0.05) is 12.1 Å². The Hall–Kier alpha value is -1.07. The third-order valence-corrected chi connectivity index (χ3v) is 1.98. The molecule has 0 aliphatic carbocycles. The Bertz CT molecular complexity index is 316. The van der Waals surface area contributed by atoms with Gasteiger partial charge in [-0.25, -0.2) is 0 Å².